The maximum absolute atomic E-state index is 12.5. The monoisotopic (exact) mass is 496 g/mol. The molecule has 2 heterocycles. The number of carboxylic acid groups (broad SMARTS) is 1. The van der Waals surface area contributed by atoms with Gasteiger partial charge in [0, 0.05) is 55.0 Å². The Labute approximate surface area is 211 Å². The molecule has 8 heteroatoms. The molecule has 1 amide bonds. The Morgan fingerprint density at radius 2 is 2.06 bits per heavy atom. The van der Waals surface area contributed by atoms with Crippen LogP contribution in [0.25, 0.3) is 0 Å². The molecular weight excluding hydrogens is 460 g/mol. The topological polar surface area (TPSA) is 108 Å². The van der Waals surface area contributed by atoms with Crippen molar-refractivity contribution in [3.8, 4) is 11.5 Å². The van der Waals surface area contributed by atoms with Crippen LogP contribution in [0.4, 0.5) is 0 Å². The first kappa shape index (κ1) is 22.8. The van der Waals surface area contributed by atoms with Gasteiger partial charge in [-0.25, -0.2) is 0 Å². The highest BCUT2D eigenvalue weighted by Crippen LogP contribution is 2.76. The fourth-order valence-corrected chi connectivity index (χ4v) is 9.33. The number of aliphatic carboxylic acids is 1. The molecule has 1 aromatic carbocycles. The molecule has 6 atom stereocenters. The SMILES string of the molecule is CO[C@]12CC[C@@]3(C[C@@H]1CNC(=O)CCC(=O)O)[C@H]1Cc4ccc(O)c5c4[C@@]3(CCN1CC1CC1)[C@H]2O5. The summed E-state index contributed by atoms with van der Waals surface area (Å²) >= 11 is 0. The number of amides is 1. The van der Waals surface area contributed by atoms with Gasteiger partial charge in [-0.1, -0.05) is 6.07 Å². The summed E-state index contributed by atoms with van der Waals surface area (Å²) < 4.78 is 13.2. The van der Waals surface area contributed by atoms with Crippen molar-refractivity contribution < 1.29 is 29.3 Å². The number of carboxylic acids is 1. The summed E-state index contributed by atoms with van der Waals surface area (Å²) in [6.45, 7) is 2.67. The van der Waals surface area contributed by atoms with Gasteiger partial charge in [-0.2, -0.15) is 0 Å². The van der Waals surface area contributed by atoms with Crippen molar-refractivity contribution in [2.45, 2.75) is 80.9 Å². The maximum Gasteiger partial charge on any atom is 0.303 e. The number of hydrogen-bond donors (Lipinski definition) is 3. The largest absolute Gasteiger partial charge is 0.504 e. The Bertz CT molecular complexity index is 1140. The van der Waals surface area contributed by atoms with Crippen molar-refractivity contribution in [1.82, 2.24) is 10.2 Å². The number of methoxy groups -OCH3 is 1. The van der Waals surface area contributed by atoms with Gasteiger partial charge in [-0.05, 0) is 69.0 Å². The number of nitrogens with zero attached hydrogens (tertiary/aromatic N) is 1. The lowest BCUT2D eigenvalue weighted by molar-refractivity contribution is -0.276. The van der Waals surface area contributed by atoms with Crippen LogP contribution >= 0.6 is 0 Å². The van der Waals surface area contributed by atoms with Gasteiger partial charge in [0.15, 0.2) is 11.5 Å². The molecule has 8 rings (SSSR count). The molecule has 4 saturated carbocycles. The lowest BCUT2D eigenvalue weighted by Crippen LogP contribution is -2.81. The Morgan fingerprint density at radius 1 is 1.22 bits per heavy atom. The Hall–Kier alpha value is -2.32. The first-order valence-corrected chi connectivity index (χ1v) is 13.6. The van der Waals surface area contributed by atoms with Crippen LogP contribution in [0, 0.1) is 17.3 Å². The second-order valence-corrected chi connectivity index (χ2v) is 12.2. The molecule has 8 nitrogen and oxygen atoms in total. The third kappa shape index (κ3) is 2.77. The van der Waals surface area contributed by atoms with Gasteiger partial charge >= 0.3 is 5.97 Å². The highest BCUT2D eigenvalue weighted by atomic mass is 16.6. The number of fused-ring (bicyclic) bond motifs is 2. The number of rotatable bonds is 8. The zero-order chi connectivity index (χ0) is 24.9. The van der Waals surface area contributed by atoms with Gasteiger partial charge in [0.1, 0.15) is 11.7 Å². The number of carbonyl (C=O) groups is 2. The molecule has 7 aliphatic rings. The minimum Gasteiger partial charge on any atom is -0.504 e. The summed E-state index contributed by atoms with van der Waals surface area (Å²) in [5.74, 6) is 0.560. The van der Waals surface area contributed by atoms with Gasteiger partial charge in [-0.3, -0.25) is 14.5 Å². The van der Waals surface area contributed by atoms with Crippen LogP contribution in [0.5, 0.6) is 11.5 Å². The number of likely N-dealkylation sites (tertiary alicyclic amines) is 1. The normalized spacial score (nSPS) is 39.4. The maximum atomic E-state index is 12.5. The summed E-state index contributed by atoms with van der Waals surface area (Å²) in [6.07, 6.45) is 7.13. The average molecular weight is 497 g/mol. The number of ether oxygens (including phenoxy) is 2. The van der Waals surface area contributed by atoms with Crippen LogP contribution in [0.15, 0.2) is 12.1 Å². The summed E-state index contributed by atoms with van der Waals surface area (Å²) in [6, 6.07) is 4.33. The van der Waals surface area contributed by atoms with E-state index in [1.54, 1.807) is 13.2 Å². The third-order valence-corrected chi connectivity index (χ3v) is 10.9. The molecule has 194 valence electrons. The summed E-state index contributed by atoms with van der Waals surface area (Å²) in [5, 5.41) is 22.9. The van der Waals surface area contributed by atoms with Gasteiger partial charge in [0.2, 0.25) is 5.91 Å². The second kappa shape index (κ2) is 7.60. The minimum absolute atomic E-state index is 0.00753. The Balaban J connectivity index is 1.30. The van der Waals surface area contributed by atoms with E-state index in [9.17, 15) is 14.7 Å². The van der Waals surface area contributed by atoms with E-state index in [1.165, 1.54) is 30.5 Å². The summed E-state index contributed by atoms with van der Waals surface area (Å²) in [4.78, 5) is 26.2. The number of piperidine rings is 1. The number of nitrogens with one attached hydrogen (secondary N) is 1. The molecule has 0 aromatic heterocycles. The molecule has 4 bridgehead atoms. The number of carbonyl (C=O) groups excluding carboxylic acids is 1. The van der Waals surface area contributed by atoms with Crippen molar-refractivity contribution in [3.05, 3.63) is 23.3 Å². The highest BCUT2D eigenvalue weighted by molar-refractivity contribution is 5.80. The van der Waals surface area contributed by atoms with E-state index in [0.717, 1.165) is 44.6 Å². The van der Waals surface area contributed by atoms with E-state index in [1.807, 2.05) is 0 Å². The number of hydrogen-bond acceptors (Lipinski definition) is 6. The van der Waals surface area contributed by atoms with Crippen molar-refractivity contribution in [1.29, 1.82) is 0 Å². The fourth-order valence-electron chi connectivity index (χ4n) is 9.33. The zero-order valence-electron chi connectivity index (χ0n) is 20.9. The fraction of sp³-hybridized carbons (Fsp3) is 0.714. The van der Waals surface area contributed by atoms with E-state index < -0.39 is 11.6 Å². The Kier molecular flexibility index (Phi) is 4.82. The predicted octanol–water partition coefficient (Wildman–Crippen LogP) is 2.60. The van der Waals surface area contributed by atoms with Crippen molar-refractivity contribution >= 4 is 11.9 Å². The van der Waals surface area contributed by atoms with Gasteiger partial charge in [0.25, 0.3) is 0 Å². The molecule has 0 unspecified atom stereocenters. The molecule has 1 aromatic rings. The van der Waals surface area contributed by atoms with E-state index >= 15 is 0 Å². The molecule has 2 aliphatic heterocycles. The van der Waals surface area contributed by atoms with Crippen LogP contribution in [0.2, 0.25) is 0 Å². The number of aromatic hydroxyl groups is 1. The first-order chi connectivity index (χ1) is 17.3. The minimum atomic E-state index is -0.963. The average Bonchev–Trinajstić information content (AvgIpc) is 3.61. The van der Waals surface area contributed by atoms with E-state index in [-0.39, 0.29) is 47.4 Å². The van der Waals surface area contributed by atoms with Gasteiger partial charge in [0.05, 0.1) is 6.42 Å². The van der Waals surface area contributed by atoms with Crippen molar-refractivity contribution in [2.75, 3.05) is 26.7 Å². The number of phenols is 1. The van der Waals surface area contributed by atoms with Crippen LogP contribution in [-0.2, 0) is 26.2 Å². The Morgan fingerprint density at radius 3 is 2.81 bits per heavy atom. The smallest absolute Gasteiger partial charge is 0.303 e. The second-order valence-electron chi connectivity index (χ2n) is 12.2. The molecule has 3 N–H and O–H groups in total. The van der Waals surface area contributed by atoms with E-state index in [0.29, 0.717) is 18.3 Å². The lowest BCUT2D eigenvalue weighted by atomic mass is 9.35. The third-order valence-electron chi connectivity index (χ3n) is 10.9. The molecule has 36 heavy (non-hydrogen) atoms. The predicted molar refractivity (Wildman–Crippen MR) is 130 cm³/mol. The molecule has 5 fully saturated rings. The molecule has 0 radical (unpaired) electrons. The standard InChI is InChI=1S/C28H36N2O6/c1-35-28-9-8-26(13-18(28)14-29-21(32)6-7-22(33)34)20-12-17-4-5-19(31)24-23(17)27(26,25(28)36-24)10-11-30(20)15-16-2-3-16/h4-5,16,18,20,25,31H,2-3,6-15H2,1H3,(H,29,32)(H,33,34)/t18-,20-,25-,26-,27+,28-/m1/s1. The molecule has 5 aliphatic carbocycles. The number of phenolic OH excluding ortho intramolecular Hbond substituents is 1. The number of benzene rings is 1. The lowest BCUT2D eigenvalue weighted by Gasteiger charge is -2.74. The summed E-state index contributed by atoms with van der Waals surface area (Å²) in [5.41, 5.74) is 1.81. The zero-order valence-corrected chi connectivity index (χ0v) is 20.9. The van der Waals surface area contributed by atoms with Crippen LogP contribution < -0.4 is 10.1 Å². The van der Waals surface area contributed by atoms with Crippen LogP contribution in [0.1, 0.15) is 62.5 Å². The quantitative estimate of drug-likeness (QED) is 0.508. The van der Waals surface area contributed by atoms with Crippen molar-refractivity contribution in [3.63, 3.8) is 0 Å². The van der Waals surface area contributed by atoms with Gasteiger partial charge < -0.3 is 25.0 Å². The van der Waals surface area contributed by atoms with Crippen molar-refractivity contribution in [2.24, 2.45) is 17.3 Å². The van der Waals surface area contributed by atoms with Crippen LogP contribution in [0.3, 0.4) is 0 Å². The van der Waals surface area contributed by atoms with Crippen LogP contribution in [-0.4, -0.2) is 71.5 Å². The first-order valence-electron chi connectivity index (χ1n) is 13.6. The highest BCUT2D eigenvalue weighted by Gasteiger charge is 2.80. The molecule has 1 saturated heterocycles. The summed E-state index contributed by atoms with van der Waals surface area (Å²) in [7, 11) is 1.77. The van der Waals surface area contributed by atoms with E-state index in [2.05, 4.69) is 16.3 Å². The molecular formula is C28H36N2O6. The van der Waals surface area contributed by atoms with E-state index in [4.69, 9.17) is 14.6 Å². The van der Waals surface area contributed by atoms with Gasteiger partial charge in [-0.15, -0.1) is 0 Å². The molecule has 2 spiro atoms.